The average molecular weight is 391 g/mol. The first kappa shape index (κ1) is 19.3. The molecule has 0 spiro atoms. The zero-order chi connectivity index (χ0) is 20.3. The normalized spacial score (nSPS) is 11.3. The second-order valence-electron chi connectivity index (χ2n) is 5.86. The lowest BCUT2D eigenvalue weighted by Crippen LogP contribution is -2.15. The molecule has 28 heavy (non-hydrogen) atoms. The summed E-state index contributed by atoms with van der Waals surface area (Å²) in [4.78, 5) is 11.4. The Labute approximate surface area is 158 Å². The van der Waals surface area contributed by atoms with E-state index in [0.717, 1.165) is 12.1 Å². The zero-order valence-corrected chi connectivity index (χ0v) is 14.7. The highest BCUT2D eigenvalue weighted by Crippen LogP contribution is 2.47. The lowest BCUT2D eigenvalue weighted by molar-refractivity contribution is -0.139. The van der Waals surface area contributed by atoms with Crippen LogP contribution in [-0.2, 0) is 15.7 Å². The van der Waals surface area contributed by atoms with E-state index in [9.17, 15) is 23.1 Å². The van der Waals surface area contributed by atoms with Gasteiger partial charge in [0.25, 0.3) is 0 Å². The molecule has 5 nitrogen and oxygen atoms in total. The average Bonchev–Trinajstić information content (AvgIpc) is 3.02. The Morgan fingerprint density at radius 3 is 2.43 bits per heavy atom. The van der Waals surface area contributed by atoms with E-state index in [2.05, 4.69) is 10.1 Å². The third-order valence-corrected chi connectivity index (χ3v) is 4.02. The van der Waals surface area contributed by atoms with Crippen LogP contribution in [0.15, 0.2) is 59.0 Å². The maximum atomic E-state index is 13.1. The molecule has 8 heteroatoms. The predicted octanol–water partition coefficient (Wildman–Crippen LogP) is 4.92. The minimum Gasteiger partial charge on any atom is -0.504 e. The maximum Gasteiger partial charge on any atom is 0.416 e. The lowest BCUT2D eigenvalue weighted by Gasteiger charge is -2.09. The van der Waals surface area contributed by atoms with Crippen LogP contribution in [0.1, 0.15) is 5.56 Å². The fourth-order valence-corrected chi connectivity index (χ4v) is 2.68. The number of benzene rings is 2. The molecule has 3 aromatic rings. The van der Waals surface area contributed by atoms with Crippen molar-refractivity contribution < 1.29 is 32.2 Å². The number of nitrogens with one attached hydrogen (secondary N) is 1. The topological polar surface area (TPSA) is 71.7 Å². The van der Waals surface area contributed by atoms with Gasteiger partial charge in [0.05, 0.1) is 18.2 Å². The molecular formula is C20H16F3NO4. The largest absolute Gasteiger partial charge is 0.504 e. The van der Waals surface area contributed by atoms with Crippen LogP contribution in [0.4, 0.5) is 19.1 Å². The van der Waals surface area contributed by atoms with Crippen LogP contribution in [0.25, 0.3) is 22.5 Å². The van der Waals surface area contributed by atoms with Crippen LogP contribution in [0, 0.1) is 0 Å². The van der Waals surface area contributed by atoms with Crippen molar-refractivity contribution in [1.29, 1.82) is 0 Å². The highest BCUT2D eigenvalue weighted by Gasteiger charge is 2.31. The fraction of sp³-hybridized carbons (Fsp3) is 0.150. The molecule has 2 N–H and O–H groups in total. The van der Waals surface area contributed by atoms with Gasteiger partial charge in [0.1, 0.15) is 6.54 Å². The number of carbonyl (C=O) groups excluding carboxylic acids is 1. The smallest absolute Gasteiger partial charge is 0.416 e. The maximum absolute atomic E-state index is 13.1. The predicted molar refractivity (Wildman–Crippen MR) is 96.8 cm³/mol. The summed E-state index contributed by atoms with van der Waals surface area (Å²) in [5.41, 5.74) is -0.232. The van der Waals surface area contributed by atoms with Crippen LogP contribution < -0.4 is 5.32 Å². The van der Waals surface area contributed by atoms with Gasteiger partial charge in [0, 0.05) is 5.56 Å². The fourth-order valence-electron chi connectivity index (χ4n) is 2.68. The standard InChI is InChI=1S/C20H16F3NO4/c1-27-15(25)11-24-19-16(13-8-5-9-14(10-13)20(21,22)23)17(26)18(28-19)12-6-3-2-4-7-12/h2-10,24,26H,11H2,1H3. The van der Waals surface area contributed by atoms with Gasteiger partial charge in [-0.05, 0) is 17.7 Å². The molecule has 0 aliphatic heterocycles. The van der Waals surface area contributed by atoms with Gasteiger partial charge in [0.15, 0.2) is 11.5 Å². The molecule has 2 aromatic carbocycles. The number of ether oxygens (including phenoxy) is 1. The summed E-state index contributed by atoms with van der Waals surface area (Å²) in [6.07, 6.45) is -4.54. The minimum atomic E-state index is -4.54. The molecule has 1 aromatic heterocycles. The summed E-state index contributed by atoms with van der Waals surface area (Å²) in [5.74, 6) is -0.911. The molecule has 146 valence electrons. The quantitative estimate of drug-likeness (QED) is 0.604. The van der Waals surface area contributed by atoms with Crippen LogP contribution in [0.2, 0.25) is 0 Å². The number of anilines is 1. The Balaban J connectivity index is 2.13. The summed E-state index contributed by atoms with van der Waals surface area (Å²) in [6, 6.07) is 13.1. The molecule has 0 radical (unpaired) electrons. The van der Waals surface area contributed by atoms with Crippen molar-refractivity contribution in [3.63, 3.8) is 0 Å². The summed E-state index contributed by atoms with van der Waals surface area (Å²) in [7, 11) is 1.20. The molecule has 0 bridgehead atoms. The lowest BCUT2D eigenvalue weighted by atomic mass is 10.0. The highest BCUT2D eigenvalue weighted by molar-refractivity contribution is 5.88. The van der Waals surface area contributed by atoms with Gasteiger partial charge < -0.3 is 19.6 Å². The second kappa shape index (κ2) is 7.67. The number of rotatable bonds is 5. The first-order valence-electron chi connectivity index (χ1n) is 8.20. The van der Waals surface area contributed by atoms with E-state index >= 15 is 0 Å². The number of methoxy groups -OCH3 is 1. The summed E-state index contributed by atoms with van der Waals surface area (Å²) < 4.78 is 49.5. The minimum absolute atomic E-state index is 0.0221. The number of esters is 1. The van der Waals surface area contributed by atoms with E-state index in [1.54, 1.807) is 30.3 Å². The van der Waals surface area contributed by atoms with Gasteiger partial charge in [-0.3, -0.25) is 4.79 Å². The van der Waals surface area contributed by atoms with Crippen LogP contribution in [0.5, 0.6) is 5.75 Å². The van der Waals surface area contributed by atoms with Crippen molar-refractivity contribution in [1.82, 2.24) is 0 Å². The van der Waals surface area contributed by atoms with E-state index in [1.807, 2.05) is 0 Å². The van der Waals surface area contributed by atoms with Crippen molar-refractivity contribution in [2.24, 2.45) is 0 Å². The molecule has 3 rings (SSSR count). The van der Waals surface area contributed by atoms with Crippen molar-refractivity contribution in [2.75, 3.05) is 19.0 Å². The third-order valence-electron chi connectivity index (χ3n) is 4.02. The molecule has 0 saturated carbocycles. The Bertz CT molecular complexity index is 981. The summed E-state index contributed by atoms with van der Waals surface area (Å²) >= 11 is 0. The molecule has 0 aliphatic carbocycles. The monoisotopic (exact) mass is 391 g/mol. The van der Waals surface area contributed by atoms with Gasteiger partial charge in [-0.1, -0.05) is 42.5 Å². The van der Waals surface area contributed by atoms with Crippen molar-refractivity contribution in [2.45, 2.75) is 6.18 Å². The van der Waals surface area contributed by atoms with Crippen molar-refractivity contribution in [3.05, 3.63) is 60.2 Å². The van der Waals surface area contributed by atoms with Gasteiger partial charge in [-0.15, -0.1) is 0 Å². The molecule has 1 heterocycles. The number of hydrogen-bond acceptors (Lipinski definition) is 5. The van der Waals surface area contributed by atoms with Crippen LogP contribution in [-0.4, -0.2) is 24.7 Å². The SMILES string of the molecule is COC(=O)CNc1oc(-c2ccccc2)c(O)c1-c1cccc(C(F)(F)F)c1. The third kappa shape index (κ3) is 3.95. The van der Waals surface area contributed by atoms with E-state index < -0.39 is 17.7 Å². The van der Waals surface area contributed by atoms with E-state index in [1.165, 1.54) is 19.2 Å². The van der Waals surface area contributed by atoms with Gasteiger partial charge in [-0.25, -0.2) is 0 Å². The second-order valence-corrected chi connectivity index (χ2v) is 5.86. The number of hydrogen-bond donors (Lipinski definition) is 2. The van der Waals surface area contributed by atoms with Crippen molar-refractivity contribution in [3.8, 4) is 28.2 Å². The number of furan rings is 1. The van der Waals surface area contributed by atoms with E-state index in [0.29, 0.717) is 5.56 Å². The number of alkyl halides is 3. The molecule has 0 amide bonds. The van der Waals surface area contributed by atoms with Crippen LogP contribution in [0.3, 0.4) is 0 Å². The molecule has 0 aliphatic rings. The first-order chi connectivity index (χ1) is 13.3. The number of halogens is 3. The van der Waals surface area contributed by atoms with Gasteiger partial charge in [0.2, 0.25) is 5.88 Å². The summed E-state index contributed by atoms with van der Waals surface area (Å²) in [5, 5.41) is 13.4. The molecule has 0 fully saturated rings. The molecule has 0 saturated heterocycles. The number of aromatic hydroxyl groups is 1. The Hall–Kier alpha value is -3.42. The number of carbonyl (C=O) groups is 1. The van der Waals surface area contributed by atoms with Crippen LogP contribution >= 0.6 is 0 Å². The molecule has 0 unspecified atom stereocenters. The van der Waals surface area contributed by atoms with E-state index in [4.69, 9.17) is 4.42 Å². The van der Waals surface area contributed by atoms with Gasteiger partial charge >= 0.3 is 12.1 Å². The Kier molecular flexibility index (Phi) is 5.30. The molecular weight excluding hydrogens is 375 g/mol. The first-order valence-corrected chi connectivity index (χ1v) is 8.20. The van der Waals surface area contributed by atoms with E-state index in [-0.39, 0.29) is 35.1 Å². The highest BCUT2D eigenvalue weighted by atomic mass is 19.4. The van der Waals surface area contributed by atoms with Crippen molar-refractivity contribution >= 4 is 11.9 Å². The van der Waals surface area contributed by atoms with Gasteiger partial charge in [-0.2, -0.15) is 13.2 Å². The Morgan fingerprint density at radius 1 is 1.11 bits per heavy atom. The summed E-state index contributed by atoms with van der Waals surface area (Å²) in [6.45, 7) is -0.288. The molecule has 0 atom stereocenters. The Morgan fingerprint density at radius 2 is 1.79 bits per heavy atom. The zero-order valence-electron chi connectivity index (χ0n) is 14.7.